The Balaban J connectivity index is 1.71. The molecule has 0 aromatic heterocycles. The van der Waals surface area contributed by atoms with Crippen LogP contribution in [0.15, 0.2) is 0 Å². The second-order valence-electron chi connectivity index (χ2n) is 5.56. The van der Waals surface area contributed by atoms with Gasteiger partial charge in [0.15, 0.2) is 0 Å². The lowest BCUT2D eigenvalue weighted by atomic mass is 9.92. The standard InChI is InChI=1S/C13H23N3O2/c14-12(17)7-10-2-5-16(6-3-10)13(18)8-11-1-4-15-9-11/h10-11,15H,1-9H2,(H2,14,17). The fourth-order valence-electron chi connectivity index (χ4n) is 2.94. The van der Waals surface area contributed by atoms with Crippen molar-refractivity contribution in [2.45, 2.75) is 32.1 Å². The molecule has 0 aromatic carbocycles. The number of hydrogen-bond acceptors (Lipinski definition) is 3. The van der Waals surface area contributed by atoms with E-state index in [0.29, 0.717) is 24.7 Å². The van der Waals surface area contributed by atoms with Crippen molar-refractivity contribution < 1.29 is 9.59 Å². The first-order valence-corrected chi connectivity index (χ1v) is 6.92. The quantitative estimate of drug-likeness (QED) is 0.746. The van der Waals surface area contributed by atoms with E-state index < -0.39 is 0 Å². The second-order valence-corrected chi connectivity index (χ2v) is 5.56. The van der Waals surface area contributed by atoms with Crippen molar-refractivity contribution in [1.82, 2.24) is 10.2 Å². The summed E-state index contributed by atoms with van der Waals surface area (Å²) in [6.07, 6.45) is 4.08. The summed E-state index contributed by atoms with van der Waals surface area (Å²) < 4.78 is 0. The van der Waals surface area contributed by atoms with Crippen LogP contribution in [0.2, 0.25) is 0 Å². The summed E-state index contributed by atoms with van der Waals surface area (Å²) in [6, 6.07) is 0. The lowest BCUT2D eigenvalue weighted by Crippen LogP contribution is -2.40. The van der Waals surface area contributed by atoms with Crippen LogP contribution in [0.4, 0.5) is 0 Å². The molecule has 0 spiro atoms. The number of primary amides is 1. The minimum Gasteiger partial charge on any atom is -0.370 e. The number of carbonyl (C=O) groups excluding carboxylic acids is 2. The van der Waals surface area contributed by atoms with E-state index in [-0.39, 0.29) is 11.8 Å². The molecular formula is C13H23N3O2. The van der Waals surface area contributed by atoms with Crippen LogP contribution in [-0.2, 0) is 9.59 Å². The molecule has 102 valence electrons. The van der Waals surface area contributed by atoms with Gasteiger partial charge >= 0.3 is 0 Å². The molecule has 2 heterocycles. The fraction of sp³-hybridized carbons (Fsp3) is 0.846. The van der Waals surface area contributed by atoms with Crippen LogP contribution in [0.1, 0.15) is 32.1 Å². The summed E-state index contributed by atoms with van der Waals surface area (Å²) in [5, 5.41) is 3.29. The maximum absolute atomic E-state index is 12.1. The Kier molecular flexibility index (Phi) is 4.58. The summed E-state index contributed by atoms with van der Waals surface area (Å²) in [5.41, 5.74) is 5.20. The minimum atomic E-state index is -0.225. The number of rotatable bonds is 4. The van der Waals surface area contributed by atoms with Crippen molar-refractivity contribution in [2.24, 2.45) is 17.6 Å². The van der Waals surface area contributed by atoms with Crippen molar-refractivity contribution >= 4 is 11.8 Å². The van der Waals surface area contributed by atoms with Gasteiger partial charge in [0.1, 0.15) is 0 Å². The molecular weight excluding hydrogens is 230 g/mol. The van der Waals surface area contributed by atoms with Crippen LogP contribution >= 0.6 is 0 Å². The maximum atomic E-state index is 12.1. The highest BCUT2D eigenvalue weighted by atomic mass is 16.2. The molecule has 0 aliphatic carbocycles. The van der Waals surface area contributed by atoms with Crippen LogP contribution in [0.3, 0.4) is 0 Å². The molecule has 3 N–H and O–H groups in total. The van der Waals surface area contributed by atoms with Crippen LogP contribution in [0, 0.1) is 11.8 Å². The highest BCUT2D eigenvalue weighted by molar-refractivity contribution is 5.77. The minimum absolute atomic E-state index is 0.225. The molecule has 0 bridgehead atoms. The Bertz CT molecular complexity index is 305. The molecule has 2 rings (SSSR count). The van der Waals surface area contributed by atoms with Crippen LogP contribution in [0.5, 0.6) is 0 Å². The zero-order valence-corrected chi connectivity index (χ0v) is 10.9. The van der Waals surface area contributed by atoms with Crippen molar-refractivity contribution in [1.29, 1.82) is 0 Å². The van der Waals surface area contributed by atoms with E-state index in [1.807, 2.05) is 4.90 Å². The molecule has 18 heavy (non-hydrogen) atoms. The first-order chi connectivity index (χ1) is 8.65. The van der Waals surface area contributed by atoms with Crippen molar-refractivity contribution in [3.8, 4) is 0 Å². The van der Waals surface area contributed by atoms with Gasteiger partial charge in [-0.3, -0.25) is 9.59 Å². The van der Waals surface area contributed by atoms with Crippen molar-refractivity contribution in [3.63, 3.8) is 0 Å². The zero-order chi connectivity index (χ0) is 13.0. The van der Waals surface area contributed by atoms with Crippen LogP contribution in [0.25, 0.3) is 0 Å². The number of amides is 2. The number of nitrogens with two attached hydrogens (primary N) is 1. The van der Waals surface area contributed by atoms with E-state index in [0.717, 1.165) is 45.4 Å². The smallest absolute Gasteiger partial charge is 0.222 e. The number of hydrogen-bond donors (Lipinski definition) is 2. The van der Waals surface area contributed by atoms with Gasteiger partial charge in [0.05, 0.1) is 0 Å². The first-order valence-electron chi connectivity index (χ1n) is 6.92. The van der Waals surface area contributed by atoms with Crippen molar-refractivity contribution in [3.05, 3.63) is 0 Å². The van der Waals surface area contributed by atoms with Gasteiger partial charge in [-0.1, -0.05) is 0 Å². The molecule has 2 fully saturated rings. The second kappa shape index (κ2) is 6.18. The van der Waals surface area contributed by atoms with Gasteiger partial charge in [-0.05, 0) is 44.2 Å². The Hall–Kier alpha value is -1.10. The molecule has 2 amide bonds. The summed E-state index contributed by atoms with van der Waals surface area (Å²) in [5.74, 6) is 0.943. The molecule has 2 aliphatic rings. The van der Waals surface area contributed by atoms with Crippen LogP contribution < -0.4 is 11.1 Å². The average Bonchev–Trinajstić information content (AvgIpc) is 2.82. The van der Waals surface area contributed by atoms with E-state index in [9.17, 15) is 9.59 Å². The number of nitrogens with one attached hydrogen (secondary N) is 1. The molecule has 5 heteroatoms. The van der Waals surface area contributed by atoms with Gasteiger partial charge in [0.25, 0.3) is 0 Å². The van der Waals surface area contributed by atoms with Gasteiger partial charge in [-0.2, -0.15) is 0 Å². The topological polar surface area (TPSA) is 75.4 Å². The number of piperidine rings is 1. The van der Waals surface area contributed by atoms with E-state index in [2.05, 4.69) is 5.32 Å². The molecule has 1 atom stereocenters. The molecule has 0 radical (unpaired) electrons. The predicted molar refractivity (Wildman–Crippen MR) is 68.7 cm³/mol. The highest BCUT2D eigenvalue weighted by Gasteiger charge is 2.26. The van der Waals surface area contributed by atoms with E-state index in [1.165, 1.54) is 0 Å². The molecule has 2 aliphatic heterocycles. The van der Waals surface area contributed by atoms with Gasteiger partial charge < -0.3 is 16.0 Å². The monoisotopic (exact) mass is 253 g/mol. The third-order valence-electron chi connectivity index (χ3n) is 4.08. The summed E-state index contributed by atoms with van der Waals surface area (Å²) in [6.45, 7) is 3.59. The van der Waals surface area contributed by atoms with Crippen LogP contribution in [-0.4, -0.2) is 42.9 Å². The number of likely N-dealkylation sites (tertiary alicyclic amines) is 1. The highest BCUT2D eigenvalue weighted by Crippen LogP contribution is 2.22. The summed E-state index contributed by atoms with van der Waals surface area (Å²) >= 11 is 0. The SMILES string of the molecule is NC(=O)CC1CCN(C(=O)CC2CCNC2)CC1. The van der Waals surface area contributed by atoms with Crippen molar-refractivity contribution in [2.75, 3.05) is 26.2 Å². The lowest BCUT2D eigenvalue weighted by molar-refractivity contribution is -0.133. The molecule has 5 nitrogen and oxygen atoms in total. The normalized spacial score (nSPS) is 25.3. The average molecular weight is 253 g/mol. The zero-order valence-electron chi connectivity index (χ0n) is 10.9. The van der Waals surface area contributed by atoms with Gasteiger partial charge in [0, 0.05) is 25.9 Å². The summed E-state index contributed by atoms with van der Waals surface area (Å²) in [7, 11) is 0. The number of nitrogens with zero attached hydrogens (tertiary/aromatic N) is 1. The first kappa shape index (κ1) is 13.3. The van der Waals surface area contributed by atoms with Gasteiger partial charge in [-0.15, -0.1) is 0 Å². The molecule has 0 saturated carbocycles. The fourth-order valence-corrected chi connectivity index (χ4v) is 2.94. The largest absolute Gasteiger partial charge is 0.370 e. The summed E-state index contributed by atoms with van der Waals surface area (Å²) in [4.78, 5) is 24.9. The Morgan fingerprint density at radius 3 is 2.39 bits per heavy atom. The molecule has 1 unspecified atom stereocenters. The van der Waals surface area contributed by atoms with E-state index in [1.54, 1.807) is 0 Å². The lowest BCUT2D eigenvalue weighted by Gasteiger charge is -2.32. The third kappa shape index (κ3) is 3.70. The number of carbonyl (C=O) groups is 2. The Morgan fingerprint density at radius 1 is 1.11 bits per heavy atom. The maximum Gasteiger partial charge on any atom is 0.222 e. The van der Waals surface area contributed by atoms with Gasteiger partial charge in [-0.25, -0.2) is 0 Å². The van der Waals surface area contributed by atoms with E-state index in [4.69, 9.17) is 5.73 Å². The Labute approximate surface area is 108 Å². The van der Waals surface area contributed by atoms with Gasteiger partial charge in [0.2, 0.25) is 11.8 Å². The predicted octanol–water partition coefficient (Wildman–Crippen LogP) is 0.1000. The van der Waals surface area contributed by atoms with E-state index >= 15 is 0 Å². The third-order valence-corrected chi connectivity index (χ3v) is 4.08. The molecule has 0 aromatic rings. The Morgan fingerprint density at radius 2 is 1.83 bits per heavy atom. The molecule has 2 saturated heterocycles.